The summed E-state index contributed by atoms with van der Waals surface area (Å²) in [5, 5.41) is 19.9. The zero-order valence-corrected chi connectivity index (χ0v) is 20.5. The Labute approximate surface area is 202 Å². The summed E-state index contributed by atoms with van der Waals surface area (Å²) in [6, 6.07) is 7.73. The molecule has 2 aromatic carbocycles. The number of carboxylic acid groups (broad SMARTS) is 2. The molecule has 1 aliphatic heterocycles. The first kappa shape index (κ1) is 25.5. The Kier molecular flexibility index (Phi) is 7.12. The molecule has 0 saturated heterocycles. The number of fused-ring (bicyclic) bond motifs is 1. The van der Waals surface area contributed by atoms with E-state index in [-0.39, 0.29) is 10.8 Å². The number of aliphatic carboxylic acids is 2. The van der Waals surface area contributed by atoms with Crippen LogP contribution in [-0.2, 0) is 26.2 Å². The van der Waals surface area contributed by atoms with E-state index < -0.39 is 33.4 Å². The maximum atomic E-state index is 13.0. The topological polar surface area (TPSA) is 124 Å². The van der Waals surface area contributed by atoms with E-state index in [1.54, 1.807) is 18.2 Å². The molecule has 3 N–H and O–H groups in total. The van der Waals surface area contributed by atoms with Gasteiger partial charge < -0.3 is 15.1 Å². The fourth-order valence-corrected chi connectivity index (χ4v) is 5.84. The van der Waals surface area contributed by atoms with Crippen LogP contribution in [-0.4, -0.2) is 55.1 Å². The molecule has 2 aromatic rings. The number of likely N-dealkylation sites (N-methyl/N-ethyl adjacent to an activating group) is 1. The van der Waals surface area contributed by atoms with Crippen molar-refractivity contribution >= 4 is 45.2 Å². The summed E-state index contributed by atoms with van der Waals surface area (Å²) in [6.07, 6.45) is 0. The van der Waals surface area contributed by atoms with E-state index in [2.05, 4.69) is 4.90 Å². The van der Waals surface area contributed by atoms with E-state index in [1.165, 1.54) is 12.1 Å². The monoisotopic (exact) mass is 514 g/mol. The lowest BCUT2D eigenvalue weighted by atomic mass is 9.85. The summed E-state index contributed by atoms with van der Waals surface area (Å²) in [5.74, 6) is -3.26. The zero-order chi connectivity index (χ0) is 24.7. The molecular weight excluding hydrogens is 491 g/mol. The summed E-state index contributed by atoms with van der Waals surface area (Å²) in [5.41, 5.74) is 0.590. The maximum Gasteiger partial charge on any atom is 0.322 e. The van der Waals surface area contributed by atoms with Gasteiger partial charge in [0.2, 0.25) is 10.0 Å². The van der Waals surface area contributed by atoms with Gasteiger partial charge in [-0.25, -0.2) is 8.42 Å². The first-order valence-corrected chi connectivity index (χ1v) is 12.2. The molecule has 0 aliphatic carbocycles. The Morgan fingerprint density at radius 3 is 2.45 bits per heavy atom. The van der Waals surface area contributed by atoms with Crippen molar-refractivity contribution in [2.24, 2.45) is 5.41 Å². The molecule has 0 bridgehead atoms. The highest BCUT2D eigenvalue weighted by atomic mass is 35.5. The van der Waals surface area contributed by atoms with Crippen molar-refractivity contribution in [1.82, 2.24) is 9.62 Å². The third-order valence-electron chi connectivity index (χ3n) is 5.86. The second-order valence-electron chi connectivity index (χ2n) is 8.70. The van der Waals surface area contributed by atoms with E-state index >= 15 is 0 Å². The van der Waals surface area contributed by atoms with E-state index in [0.717, 1.165) is 25.0 Å². The van der Waals surface area contributed by atoms with E-state index in [4.69, 9.17) is 23.2 Å². The predicted molar refractivity (Wildman–Crippen MR) is 124 cm³/mol. The molecule has 1 heterocycles. The Balaban J connectivity index is 2.03. The number of halogens is 2. The summed E-state index contributed by atoms with van der Waals surface area (Å²) in [6.45, 7) is 3.50. The van der Waals surface area contributed by atoms with Crippen molar-refractivity contribution in [3.8, 4) is 0 Å². The van der Waals surface area contributed by atoms with Gasteiger partial charge in [-0.15, -0.1) is 0 Å². The molecule has 0 radical (unpaired) electrons. The van der Waals surface area contributed by atoms with Crippen LogP contribution in [0.5, 0.6) is 0 Å². The molecule has 0 saturated carbocycles. The van der Waals surface area contributed by atoms with Crippen LogP contribution in [0.4, 0.5) is 0 Å². The minimum absolute atomic E-state index is 0.171. The van der Waals surface area contributed by atoms with Crippen LogP contribution >= 0.6 is 23.2 Å². The zero-order valence-electron chi connectivity index (χ0n) is 18.2. The molecule has 2 unspecified atom stereocenters. The molecular formula is C22H24Cl2N2O6S. The summed E-state index contributed by atoms with van der Waals surface area (Å²) >= 11 is 12.6. The van der Waals surface area contributed by atoms with Crippen molar-refractivity contribution < 1.29 is 28.2 Å². The van der Waals surface area contributed by atoms with E-state index in [9.17, 15) is 28.2 Å². The van der Waals surface area contributed by atoms with E-state index in [1.807, 2.05) is 17.8 Å². The number of carbonyl (C=O) groups is 2. The quantitative estimate of drug-likeness (QED) is 0.516. The molecule has 11 heteroatoms. The highest BCUT2D eigenvalue weighted by Crippen LogP contribution is 2.39. The second-order valence-corrected chi connectivity index (χ2v) is 11.3. The predicted octanol–water partition coefficient (Wildman–Crippen LogP) is 3.41. The largest absolute Gasteiger partial charge is 0.481 e. The van der Waals surface area contributed by atoms with Gasteiger partial charge in [0, 0.05) is 29.1 Å². The van der Waals surface area contributed by atoms with Gasteiger partial charge >= 0.3 is 11.9 Å². The van der Waals surface area contributed by atoms with Gasteiger partial charge in [-0.1, -0.05) is 35.3 Å². The number of sulfonamides is 1. The van der Waals surface area contributed by atoms with Gasteiger partial charge in [-0.05, 0) is 61.9 Å². The Bertz CT molecular complexity index is 1220. The minimum atomic E-state index is -4.35. The third kappa shape index (κ3) is 5.17. The Morgan fingerprint density at radius 2 is 1.85 bits per heavy atom. The first-order chi connectivity index (χ1) is 15.2. The fourth-order valence-electron chi connectivity index (χ4n) is 3.88. The summed E-state index contributed by atoms with van der Waals surface area (Å²) in [4.78, 5) is 25.1. The Morgan fingerprint density at radius 1 is 1.18 bits per heavy atom. The fraction of sp³-hybridized carbons (Fsp3) is 0.364. The minimum Gasteiger partial charge on any atom is -0.481 e. The molecule has 0 aromatic heterocycles. The van der Waals surface area contributed by atoms with Gasteiger partial charge in [-0.3, -0.25) is 9.59 Å². The van der Waals surface area contributed by atoms with Crippen LogP contribution in [0.1, 0.15) is 36.5 Å². The van der Waals surface area contributed by atoms with Crippen LogP contribution in [0.25, 0.3) is 0 Å². The van der Waals surface area contributed by atoms with E-state index in [0.29, 0.717) is 28.7 Å². The SMILES string of the molecule is CN1Cc2c(Cl)cc(Cl)cc2C(c2cccc(S(=O)(=O)NC(C(=O)O)C(C)(C)C(=O)O)c2)C1. The lowest BCUT2D eigenvalue weighted by Gasteiger charge is -2.33. The van der Waals surface area contributed by atoms with Crippen LogP contribution in [0.3, 0.4) is 0 Å². The van der Waals surface area contributed by atoms with Crippen LogP contribution in [0.2, 0.25) is 10.0 Å². The normalized spacial score (nSPS) is 17.9. The molecule has 178 valence electrons. The van der Waals surface area contributed by atoms with Gasteiger partial charge in [0.25, 0.3) is 0 Å². The molecule has 0 spiro atoms. The first-order valence-electron chi connectivity index (χ1n) is 9.99. The number of hydrogen-bond donors (Lipinski definition) is 3. The average Bonchev–Trinajstić information content (AvgIpc) is 2.72. The highest BCUT2D eigenvalue weighted by molar-refractivity contribution is 7.89. The van der Waals surface area contributed by atoms with Gasteiger partial charge in [0.15, 0.2) is 0 Å². The maximum absolute atomic E-state index is 13.0. The van der Waals surface area contributed by atoms with Gasteiger partial charge in [-0.2, -0.15) is 4.72 Å². The molecule has 8 nitrogen and oxygen atoms in total. The van der Waals surface area contributed by atoms with Crippen LogP contribution < -0.4 is 4.72 Å². The van der Waals surface area contributed by atoms with Crippen molar-refractivity contribution in [1.29, 1.82) is 0 Å². The highest BCUT2D eigenvalue weighted by Gasteiger charge is 2.44. The van der Waals surface area contributed by atoms with Crippen molar-refractivity contribution in [2.45, 2.75) is 37.2 Å². The standard InChI is InChI=1S/C22H24Cl2N2O6S/c1-22(2,21(29)30)19(20(27)28)25-33(31,32)14-6-4-5-12(7-14)16-10-26(3)11-17-15(16)8-13(23)9-18(17)24/h4-9,16,19,25H,10-11H2,1-3H3,(H,27,28)(H,29,30). The lowest BCUT2D eigenvalue weighted by molar-refractivity contribution is -0.156. The van der Waals surface area contributed by atoms with Crippen LogP contribution in [0.15, 0.2) is 41.3 Å². The second kappa shape index (κ2) is 9.23. The number of carboxylic acids is 2. The number of nitrogens with zero attached hydrogens (tertiary/aromatic N) is 1. The van der Waals surface area contributed by atoms with Crippen molar-refractivity contribution in [3.05, 3.63) is 63.1 Å². The summed E-state index contributed by atoms with van der Waals surface area (Å²) < 4.78 is 28.1. The lowest BCUT2D eigenvalue weighted by Crippen LogP contribution is -2.53. The third-order valence-corrected chi connectivity index (χ3v) is 7.83. The van der Waals surface area contributed by atoms with Crippen LogP contribution in [0, 0.1) is 5.41 Å². The van der Waals surface area contributed by atoms with Crippen molar-refractivity contribution in [2.75, 3.05) is 13.6 Å². The molecule has 3 rings (SSSR count). The number of rotatable bonds is 7. The smallest absolute Gasteiger partial charge is 0.322 e. The molecule has 2 atom stereocenters. The van der Waals surface area contributed by atoms with Crippen molar-refractivity contribution in [3.63, 3.8) is 0 Å². The summed E-state index contributed by atoms with van der Waals surface area (Å²) in [7, 11) is -2.42. The number of benzene rings is 2. The molecule has 0 fully saturated rings. The Hall–Kier alpha value is -2.17. The van der Waals surface area contributed by atoms with Gasteiger partial charge in [0.1, 0.15) is 6.04 Å². The molecule has 1 aliphatic rings. The number of hydrogen-bond acceptors (Lipinski definition) is 5. The molecule has 33 heavy (non-hydrogen) atoms. The number of nitrogens with one attached hydrogen (secondary N) is 1. The molecule has 0 amide bonds. The van der Waals surface area contributed by atoms with Gasteiger partial charge in [0.05, 0.1) is 10.3 Å². The average molecular weight is 515 g/mol.